The molecule has 1 amide bonds. The number of fused-ring (bicyclic) bond motifs is 1. The Kier molecular flexibility index (Phi) is 5.99. The summed E-state index contributed by atoms with van der Waals surface area (Å²) in [6.07, 6.45) is 2.41. The number of rotatable bonds is 5. The second kappa shape index (κ2) is 8.42. The molecule has 0 spiro atoms. The van der Waals surface area contributed by atoms with E-state index in [0.29, 0.717) is 24.9 Å². The molecule has 1 aromatic rings. The molecule has 1 fully saturated rings. The predicted octanol–water partition coefficient (Wildman–Crippen LogP) is 0.450. The van der Waals surface area contributed by atoms with E-state index in [1.54, 1.807) is 12.1 Å². The highest BCUT2D eigenvalue weighted by molar-refractivity contribution is 6.47. The van der Waals surface area contributed by atoms with Gasteiger partial charge >= 0.3 is 13.1 Å². The van der Waals surface area contributed by atoms with Crippen molar-refractivity contribution in [2.75, 3.05) is 19.6 Å². The number of piperidine rings is 1. The van der Waals surface area contributed by atoms with Gasteiger partial charge in [0, 0.05) is 6.42 Å². The van der Waals surface area contributed by atoms with Crippen molar-refractivity contribution in [1.82, 2.24) is 10.2 Å². The maximum Gasteiger partial charge on any atom is 0.547 e. The van der Waals surface area contributed by atoms with Crippen molar-refractivity contribution in [1.29, 1.82) is 5.26 Å². The molecule has 0 bridgehead atoms. The fraction of sp³-hybridized carbons (Fsp3) is 0.500. The van der Waals surface area contributed by atoms with Gasteiger partial charge in [0.15, 0.2) is 0 Å². The van der Waals surface area contributed by atoms with Crippen LogP contribution in [0.3, 0.4) is 0 Å². The summed E-state index contributed by atoms with van der Waals surface area (Å²) >= 11 is 0. The number of benzene rings is 1. The van der Waals surface area contributed by atoms with Crippen molar-refractivity contribution in [2.45, 2.75) is 31.6 Å². The highest BCUT2D eigenvalue weighted by Gasteiger charge is 2.38. The molecule has 2 heterocycles. The van der Waals surface area contributed by atoms with E-state index in [9.17, 15) is 19.7 Å². The molecule has 2 aliphatic heterocycles. The quantitative estimate of drug-likeness (QED) is 0.507. The summed E-state index contributed by atoms with van der Waals surface area (Å²) in [5.41, 5.74) is 0.649. The van der Waals surface area contributed by atoms with Crippen LogP contribution in [0.2, 0.25) is 0 Å². The van der Waals surface area contributed by atoms with Gasteiger partial charge in [-0.15, -0.1) is 0 Å². The fourth-order valence-electron chi connectivity index (χ4n) is 3.69. The lowest BCUT2D eigenvalue weighted by Crippen LogP contribution is -2.53. The zero-order chi connectivity index (χ0) is 19.4. The molecule has 8 nitrogen and oxygen atoms in total. The van der Waals surface area contributed by atoms with E-state index in [1.165, 1.54) is 6.07 Å². The number of carbonyl (C=O) groups excluding carboxylic acids is 1. The third-order valence-electron chi connectivity index (χ3n) is 5.17. The van der Waals surface area contributed by atoms with Crippen molar-refractivity contribution in [3.8, 4) is 11.8 Å². The van der Waals surface area contributed by atoms with Crippen molar-refractivity contribution in [3.05, 3.63) is 29.3 Å². The maximum absolute atomic E-state index is 12.4. The van der Waals surface area contributed by atoms with Gasteiger partial charge in [-0.1, -0.05) is 12.1 Å². The van der Waals surface area contributed by atoms with Crippen LogP contribution in [0.4, 0.5) is 0 Å². The van der Waals surface area contributed by atoms with Crippen LogP contribution < -0.4 is 9.97 Å². The fourth-order valence-corrected chi connectivity index (χ4v) is 3.69. The van der Waals surface area contributed by atoms with Gasteiger partial charge in [0.1, 0.15) is 5.75 Å². The minimum absolute atomic E-state index is 0.000422. The monoisotopic (exact) mass is 371 g/mol. The molecule has 27 heavy (non-hydrogen) atoms. The number of nitrogens with zero attached hydrogens (tertiary/aromatic N) is 2. The van der Waals surface area contributed by atoms with Gasteiger partial charge in [0.2, 0.25) is 5.91 Å². The molecule has 1 atom stereocenters. The molecule has 3 rings (SSSR count). The first-order valence-electron chi connectivity index (χ1n) is 9.06. The van der Waals surface area contributed by atoms with Gasteiger partial charge in [0.25, 0.3) is 0 Å². The number of para-hydroxylation sites is 1. The Hall–Kier alpha value is -2.57. The Bertz CT molecular complexity index is 758. The first kappa shape index (κ1) is 19.2. The smallest absolute Gasteiger partial charge is 0.534 e. The second-order valence-corrected chi connectivity index (χ2v) is 7.07. The third kappa shape index (κ3) is 4.59. The number of hydrogen-bond donors (Lipinski definition) is 3. The lowest BCUT2D eigenvalue weighted by Gasteiger charge is -2.31. The highest BCUT2D eigenvalue weighted by atomic mass is 16.5. The molecule has 1 aromatic carbocycles. The zero-order valence-electron chi connectivity index (χ0n) is 14.9. The van der Waals surface area contributed by atoms with E-state index in [4.69, 9.17) is 9.92 Å². The molecule has 0 aromatic heterocycles. The average Bonchev–Trinajstić information content (AvgIpc) is 2.63. The van der Waals surface area contributed by atoms with Crippen LogP contribution >= 0.6 is 0 Å². The second-order valence-electron chi connectivity index (χ2n) is 7.07. The molecule has 0 saturated carbocycles. The lowest BCUT2D eigenvalue weighted by molar-refractivity contribution is -0.122. The number of likely N-dealkylation sites (tertiary alicyclic amines) is 1. The van der Waals surface area contributed by atoms with E-state index in [-0.39, 0.29) is 23.1 Å². The summed E-state index contributed by atoms with van der Waals surface area (Å²) in [7, 11) is -1.29. The van der Waals surface area contributed by atoms with Gasteiger partial charge in [-0.25, -0.2) is 4.79 Å². The Morgan fingerprint density at radius 2 is 2.11 bits per heavy atom. The molecule has 2 aliphatic rings. The van der Waals surface area contributed by atoms with Crippen LogP contribution in [0.15, 0.2) is 18.2 Å². The number of carboxylic acids is 1. The summed E-state index contributed by atoms with van der Waals surface area (Å²) in [6, 6.07) is 6.92. The molecule has 3 N–H and O–H groups in total. The van der Waals surface area contributed by atoms with Crippen LogP contribution in [-0.2, 0) is 11.2 Å². The number of amides is 1. The Labute approximate surface area is 157 Å². The first-order valence-corrected chi connectivity index (χ1v) is 9.06. The van der Waals surface area contributed by atoms with Crippen LogP contribution in [0.5, 0.6) is 5.75 Å². The summed E-state index contributed by atoms with van der Waals surface area (Å²) in [6.45, 7) is 2.04. The molecule has 9 heteroatoms. The van der Waals surface area contributed by atoms with Crippen LogP contribution in [-0.4, -0.2) is 59.6 Å². The van der Waals surface area contributed by atoms with Crippen LogP contribution in [0.25, 0.3) is 0 Å². The van der Waals surface area contributed by atoms with Crippen molar-refractivity contribution >= 4 is 19.0 Å². The molecular weight excluding hydrogens is 349 g/mol. The number of aromatic carboxylic acids is 1. The van der Waals surface area contributed by atoms with E-state index in [2.05, 4.69) is 16.3 Å². The predicted molar refractivity (Wildman–Crippen MR) is 97.0 cm³/mol. The number of carboxylic acid groups (broad SMARTS) is 1. The van der Waals surface area contributed by atoms with E-state index < -0.39 is 19.0 Å². The number of carbonyl (C=O) groups is 2. The Morgan fingerprint density at radius 1 is 1.37 bits per heavy atom. The maximum atomic E-state index is 12.4. The molecule has 1 unspecified atom stereocenters. The third-order valence-corrected chi connectivity index (χ3v) is 5.17. The van der Waals surface area contributed by atoms with Crippen LogP contribution in [0.1, 0.15) is 35.2 Å². The molecular formula is C18H22BN3O5. The molecule has 1 saturated heterocycles. The standard InChI is InChI=1S/C18H22BN3O5/c20-6-9-22-7-4-12(5-8-22)10-16(23)21-15-11-13-2-1-3-14(18(24)25)17(13)27-19(15)26/h1-3,12,15,26H,4-5,7-11H2,(H,21,23)(H,24,25). The molecule has 142 valence electrons. The molecule has 0 radical (unpaired) electrons. The Balaban J connectivity index is 1.56. The largest absolute Gasteiger partial charge is 0.547 e. The van der Waals surface area contributed by atoms with E-state index in [0.717, 1.165) is 25.9 Å². The molecule has 0 aliphatic carbocycles. The van der Waals surface area contributed by atoms with Crippen molar-refractivity contribution < 1.29 is 24.4 Å². The van der Waals surface area contributed by atoms with Gasteiger partial charge in [0.05, 0.1) is 24.1 Å². The first-order chi connectivity index (χ1) is 13.0. The summed E-state index contributed by atoms with van der Waals surface area (Å²) in [5.74, 6) is -1.48. The summed E-state index contributed by atoms with van der Waals surface area (Å²) < 4.78 is 5.39. The number of nitriles is 1. The summed E-state index contributed by atoms with van der Waals surface area (Å²) in [4.78, 5) is 25.7. The topological polar surface area (TPSA) is 123 Å². The number of hydrogen-bond acceptors (Lipinski definition) is 6. The number of nitrogens with one attached hydrogen (secondary N) is 1. The van der Waals surface area contributed by atoms with Gasteiger partial charge in [-0.2, -0.15) is 5.26 Å². The van der Waals surface area contributed by atoms with Gasteiger partial charge in [-0.05, 0) is 49.9 Å². The van der Waals surface area contributed by atoms with Gasteiger partial charge in [-0.3, -0.25) is 9.69 Å². The zero-order valence-corrected chi connectivity index (χ0v) is 14.9. The van der Waals surface area contributed by atoms with E-state index in [1.807, 2.05) is 0 Å². The lowest BCUT2D eigenvalue weighted by atomic mass is 9.72. The van der Waals surface area contributed by atoms with Gasteiger partial charge < -0.3 is 20.1 Å². The Morgan fingerprint density at radius 3 is 2.78 bits per heavy atom. The minimum atomic E-state index is -1.29. The summed E-state index contributed by atoms with van der Waals surface area (Å²) in [5, 5.41) is 31.0. The highest BCUT2D eigenvalue weighted by Crippen LogP contribution is 2.30. The van der Waals surface area contributed by atoms with Crippen molar-refractivity contribution in [3.63, 3.8) is 0 Å². The van der Waals surface area contributed by atoms with Crippen LogP contribution in [0, 0.1) is 17.2 Å². The SMILES string of the molecule is N#CCN1CCC(CC(=O)NC2Cc3cccc(C(=O)O)c3OB2O)CC1. The van der Waals surface area contributed by atoms with Crippen molar-refractivity contribution in [2.24, 2.45) is 5.92 Å². The van der Waals surface area contributed by atoms with E-state index >= 15 is 0 Å². The normalized spacial score (nSPS) is 20.3. The minimum Gasteiger partial charge on any atom is -0.534 e. The average molecular weight is 371 g/mol.